The fourth-order valence-corrected chi connectivity index (χ4v) is 3.01. The highest BCUT2D eigenvalue weighted by molar-refractivity contribution is 4.95. The third kappa shape index (κ3) is 2.98. The minimum atomic E-state index is 0.0859. The van der Waals surface area contributed by atoms with Crippen LogP contribution in [0.3, 0.4) is 0 Å². The molecule has 1 heterocycles. The molecule has 1 aliphatic heterocycles. The van der Waals surface area contributed by atoms with E-state index in [1.165, 1.54) is 25.7 Å². The van der Waals surface area contributed by atoms with Crippen LogP contribution in [-0.2, 0) is 4.74 Å². The Hall–Kier alpha value is -0.0800. The molecule has 2 heteroatoms. The van der Waals surface area contributed by atoms with Crippen LogP contribution in [0.1, 0.15) is 66.2 Å². The molecule has 1 aliphatic rings. The summed E-state index contributed by atoms with van der Waals surface area (Å²) in [6.07, 6.45) is 7.04. The number of hydrogen-bond acceptors (Lipinski definition) is 2. The Bertz CT molecular complexity index is 187. The molecule has 0 unspecified atom stereocenters. The second-order valence-corrected chi connectivity index (χ2v) is 5.28. The van der Waals surface area contributed by atoms with Crippen LogP contribution in [-0.4, -0.2) is 24.3 Å². The number of hydrogen-bond donors (Lipinski definition) is 1. The SMILES string of the molecule is CCCC1(CCC)CNCC(CC)(CC)O1. The predicted molar refractivity (Wildman–Crippen MR) is 69.8 cm³/mol. The Morgan fingerprint density at radius 3 is 1.81 bits per heavy atom. The van der Waals surface area contributed by atoms with Gasteiger partial charge in [0.05, 0.1) is 11.2 Å². The van der Waals surface area contributed by atoms with E-state index in [0.717, 1.165) is 25.9 Å². The van der Waals surface area contributed by atoms with Crippen LogP contribution in [0.4, 0.5) is 0 Å². The molecule has 1 saturated heterocycles. The summed E-state index contributed by atoms with van der Waals surface area (Å²) in [7, 11) is 0. The van der Waals surface area contributed by atoms with Gasteiger partial charge in [-0.2, -0.15) is 0 Å². The summed E-state index contributed by atoms with van der Waals surface area (Å²) in [5.74, 6) is 0. The van der Waals surface area contributed by atoms with Crippen molar-refractivity contribution in [3.8, 4) is 0 Å². The van der Waals surface area contributed by atoms with E-state index >= 15 is 0 Å². The summed E-state index contributed by atoms with van der Waals surface area (Å²) in [4.78, 5) is 0. The molecule has 1 fully saturated rings. The van der Waals surface area contributed by atoms with Crippen molar-refractivity contribution in [2.45, 2.75) is 77.4 Å². The van der Waals surface area contributed by atoms with Crippen molar-refractivity contribution in [1.82, 2.24) is 5.32 Å². The number of nitrogens with one attached hydrogen (secondary N) is 1. The Labute approximate surface area is 101 Å². The molecule has 0 radical (unpaired) electrons. The molecule has 0 bridgehead atoms. The maximum atomic E-state index is 6.58. The summed E-state index contributed by atoms with van der Waals surface area (Å²) in [5, 5.41) is 3.61. The third-order valence-electron chi connectivity index (χ3n) is 4.03. The highest BCUT2D eigenvalue weighted by atomic mass is 16.5. The Morgan fingerprint density at radius 2 is 1.38 bits per heavy atom. The van der Waals surface area contributed by atoms with E-state index in [1.807, 2.05) is 0 Å². The van der Waals surface area contributed by atoms with Crippen LogP contribution in [0.5, 0.6) is 0 Å². The third-order valence-corrected chi connectivity index (χ3v) is 4.03. The van der Waals surface area contributed by atoms with Crippen LogP contribution in [0, 0.1) is 0 Å². The van der Waals surface area contributed by atoms with Gasteiger partial charge in [0.2, 0.25) is 0 Å². The van der Waals surface area contributed by atoms with E-state index in [0.29, 0.717) is 0 Å². The highest BCUT2D eigenvalue weighted by Gasteiger charge is 2.42. The summed E-state index contributed by atoms with van der Waals surface area (Å²) >= 11 is 0. The quantitative estimate of drug-likeness (QED) is 0.750. The summed E-state index contributed by atoms with van der Waals surface area (Å²) in [5.41, 5.74) is 0.191. The highest BCUT2D eigenvalue weighted by Crippen LogP contribution is 2.35. The first-order valence-electron chi connectivity index (χ1n) is 7.07. The lowest BCUT2D eigenvalue weighted by molar-refractivity contribution is -0.188. The van der Waals surface area contributed by atoms with Gasteiger partial charge in [-0.25, -0.2) is 0 Å². The van der Waals surface area contributed by atoms with E-state index in [-0.39, 0.29) is 11.2 Å². The van der Waals surface area contributed by atoms with Crippen LogP contribution in [0.25, 0.3) is 0 Å². The molecule has 0 aromatic heterocycles. The number of ether oxygens (including phenoxy) is 1. The molecule has 0 aliphatic carbocycles. The predicted octanol–water partition coefficient (Wildman–Crippen LogP) is 3.50. The maximum Gasteiger partial charge on any atom is 0.0814 e. The van der Waals surface area contributed by atoms with E-state index in [1.54, 1.807) is 0 Å². The molecule has 1 rings (SSSR count). The van der Waals surface area contributed by atoms with Crippen molar-refractivity contribution < 1.29 is 4.74 Å². The zero-order valence-corrected chi connectivity index (χ0v) is 11.6. The lowest BCUT2D eigenvalue weighted by Gasteiger charge is -2.48. The standard InChI is InChI=1S/C14H29NO/c1-5-9-14(10-6-2)12-15-11-13(7-3,8-4)16-14/h15H,5-12H2,1-4H3. The maximum absolute atomic E-state index is 6.58. The summed E-state index contributed by atoms with van der Waals surface area (Å²) < 4.78 is 6.58. The lowest BCUT2D eigenvalue weighted by Crippen LogP contribution is -2.60. The molecule has 1 N–H and O–H groups in total. The number of morpholine rings is 1. The average Bonchev–Trinajstić information content (AvgIpc) is 2.30. The van der Waals surface area contributed by atoms with Crippen molar-refractivity contribution >= 4 is 0 Å². The number of rotatable bonds is 6. The van der Waals surface area contributed by atoms with Gasteiger partial charge in [-0.15, -0.1) is 0 Å². The first-order chi connectivity index (χ1) is 7.66. The topological polar surface area (TPSA) is 21.3 Å². The van der Waals surface area contributed by atoms with E-state index < -0.39 is 0 Å². The van der Waals surface area contributed by atoms with Gasteiger partial charge in [0.1, 0.15) is 0 Å². The molecular weight excluding hydrogens is 198 g/mol. The minimum absolute atomic E-state index is 0.0859. The van der Waals surface area contributed by atoms with Gasteiger partial charge in [-0.1, -0.05) is 40.5 Å². The zero-order chi connectivity index (χ0) is 12.1. The molecule has 0 aromatic rings. The average molecular weight is 227 g/mol. The second-order valence-electron chi connectivity index (χ2n) is 5.28. The van der Waals surface area contributed by atoms with E-state index in [2.05, 4.69) is 33.0 Å². The minimum Gasteiger partial charge on any atom is -0.366 e. The van der Waals surface area contributed by atoms with Crippen molar-refractivity contribution in [3.63, 3.8) is 0 Å². The van der Waals surface area contributed by atoms with Crippen LogP contribution in [0.2, 0.25) is 0 Å². The van der Waals surface area contributed by atoms with Gasteiger partial charge in [0.15, 0.2) is 0 Å². The van der Waals surface area contributed by atoms with Gasteiger partial charge in [-0.05, 0) is 25.7 Å². The molecule has 0 saturated carbocycles. The van der Waals surface area contributed by atoms with Gasteiger partial charge in [0.25, 0.3) is 0 Å². The van der Waals surface area contributed by atoms with E-state index in [4.69, 9.17) is 4.74 Å². The van der Waals surface area contributed by atoms with E-state index in [9.17, 15) is 0 Å². The normalized spacial score (nSPS) is 23.2. The van der Waals surface area contributed by atoms with Gasteiger partial charge < -0.3 is 10.1 Å². The largest absolute Gasteiger partial charge is 0.366 e. The van der Waals surface area contributed by atoms with Gasteiger partial charge in [0, 0.05) is 13.1 Å². The molecule has 0 atom stereocenters. The molecule has 0 spiro atoms. The molecule has 96 valence electrons. The lowest BCUT2D eigenvalue weighted by atomic mass is 9.86. The van der Waals surface area contributed by atoms with Gasteiger partial charge in [-0.3, -0.25) is 0 Å². The smallest absolute Gasteiger partial charge is 0.0814 e. The molecule has 0 aromatic carbocycles. The summed E-state index contributed by atoms with van der Waals surface area (Å²) in [6, 6.07) is 0. The van der Waals surface area contributed by atoms with Gasteiger partial charge >= 0.3 is 0 Å². The molecule has 0 amide bonds. The van der Waals surface area contributed by atoms with Crippen molar-refractivity contribution in [2.75, 3.05) is 13.1 Å². The van der Waals surface area contributed by atoms with Crippen LogP contribution in [0.15, 0.2) is 0 Å². The fourth-order valence-electron chi connectivity index (χ4n) is 3.01. The van der Waals surface area contributed by atoms with Crippen LogP contribution >= 0.6 is 0 Å². The molecular formula is C14H29NO. The van der Waals surface area contributed by atoms with Crippen molar-refractivity contribution in [2.24, 2.45) is 0 Å². The Morgan fingerprint density at radius 1 is 0.875 bits per heavy atom. The molecule has 16 heavy (non-hydrogen) atoms. The second kappa shape index (κ2) is 6.02. The first-order valence-corrected chi connectivity index (χ1v) is 7.07. The molecule has 2 nitrogen and oxygen atoms in total. The fraction of sp³-hybridized carbons (Fsp3) is 1.00. The monoisotopic (exact) mass is 227 g/mol. The van der Waals surface area contributed by atoms with Crippen molar-refractivity contribution in [3.05, 3.63) is 0 Å². The first kappa shape index (κ1) is 14.0. The summed E-state index contributed by atoms with van der Waals surface area (Å²) in [6.45, 7) is 11.1. The zero-order valence-electron chi connectivity index (χ0n) is 11.6. The van der Waals surface area contributed by atoms with Crippen molar-refractivity contribution in [1.29, 1.82) is 0 Å². The Balaban J connectivity index is 2.77. The Kier molecular flexibility index (Phi) is 5.26. The van der Waals surface area contributed by atoms with Crippen LogP contribution < -0.4 is 5.32 Å².